The lowest BCUT2D eigenvalue weighted by molar-refractivity contribution is -0.339. The van der Waals surface area contributed by atoms with Crippen LogP contribution in [0.5, 0.6) is 0 Å². The van der Waals surface area contributed by atoms with Gasteiger partial charge in [0.05, 0.1) is 12.1 Å². The number of hydrogen-bond acceptors (Lipinski definition) is 5. The summed E-state index contributed by atoms with van der Waals surface area (Å²) >= 11 is 0. The molecule has 6 heteroatoms. The maximum atomic E-state index is 13.3. The molecule has 0 aliphatic heterocycles. The van der Waals surface area contributed by atoms with Gasteiger partial charge in [-0.2, -0.15) is 5.10 Å². The maximum absolute atomic E-state index is 13.3. The zero-order chi connectivity index (χ0) is 19.2. The van der Waals surface area contributed by atoms with Gasteiger partial charge in [0, 0.05) is 20.4 Å². The van der Waals surface area contributed by atoms with Crippen LogP contribution in [0.4, 0.5) is 0 Å². The van der Waals surface area contributed by atoms with E-state index < -0.39 is 11.8 Å². The predicted octanol–water partition coefficient (Wildman–Crippen LogP) is 3.83. The van der Waals surface area contributed by atoms with Crippen LogP contribution < -0.4 is 0 Å². The van der Waals surface area contributed by atoms with E-state index in [1.807, 2.05) is 51.1 Å². The topological polar surface area (TPSA) is 62.6 Å². The molecule has 0 bridgehead atoms. The van der Waals surface area contributed by atoms with Gasteiger partial charge in [0.15, 0.2) is 0 Å². The first-order valence-corrected chi connectivity index (χ1v) is 8.94. The zero-order valence-electron chi connectivity index (χ0n) is 16.1. The molecule has 1 atom stereocenters. The Balaban J connectivity index is 2.37. The van der Waals surface area contributed by atoms with E-state index in [1.165, 1.54) is 14.2 Å². The number of carbonyl (C=O) groups excluding carboxylic acids is 1. The fourth-order valence-electron chi connectivity index (χ4n) is 2.93. The largest absolute Gasteiger partial charge is 0.353 e. The van der Waals surface area contributed by atoms with Crippen molar-refractivity contribution in [3.8, 4) is 0 Å². The van der Waals surface area contributed by atoms with Crippen molar-refractivity contribution >= 4 is 5.78 Å². The Morgan fingerprint density at radius 1 is 1.12 bits per heavy atom. The van der Waals surface area contributed by atoms with Crippen molar-refractivity contribution in [2.45, 2.75) is 51.7 Å². The average Bonchev–Trinajstić information content (AvgIpc) is 3.19. The molecule has 142 valence electrons. The van der Waals surface area contributed by atoms with Crippen LogP contribution in [-0.4, -0.2) is 41.9 Å². The molecule has 0 N–H and O–H groups in total. The zero-order valence-corrected chi connectivity index (χ0v) is 16.1. The molecular formula is C20H28N2O4. The van der Waals surface area contributed by atoms with E-state index >= 15 is 0 Å². The van der Waals surface area contributed by atoms with Gasteiger partial charge in [-0.15, -0.1) is 0 Å². The summed E-state index contributed by atoms with van der Waals surface area (Å²) in [6.07, 6.45) is 2.94. The number of methoxy groups -OCH3 is 2. The minimum absolute atomic E-state index is 0.121. The first-order chi connectivity index (χ1) is 12.5. The standard InChI is InChI=1S/C20H28N2O4/c1-6-17(7-2)26-20(24-4,25-5)19(23)18-13-14-21-22(18)15(3)16-11-9-8-10-12-16/h8-15,17H,6-7H2,1-5H3/t15-/m1/s1. The Morgan fingerprint density at radius 3 is 2.27 bits per heavy atom. The molecule has 0 aliphatic rings. The second-order valence-electron chi connectivity index (χ2n) is 6.10. The highest BCUT2D eigenvalue weighted by atomic mass is 16.9. The highest BCUT2D eigenvalue weighted by molar-refractivity contribution is 5.99. The average molecular weight is 360 g/mol. The third kappa shape index (κ3) is 4.03. The molecule has 0 amide bonds. The summed E-state index contributed by atoms with van der Waals surface area (Å²) in [5.74, 6) is -2.19. The number of ketones is 1. The van der Waals surface area contributed by atoms with E-state index in [0.717, 1.165) is 18.4 Å². The third-order valence-electron chi connectivity index (χ3n) is 4.60. The fraction of sp³-hybridized carbons (Fsp3) is 0.500. The summed E-state index contributed by atoms with van der Waals surface area (Å²) in [5, 5.41) is 4.34. The molecular weight excluding hydrogens is 332 g/mol. The lowest BCUT2D eigenvalue weighted by atomic mass is 10.1. The summed E-state index contributed by atoms with van der Waals surface area (Å²) in [4.78, 5) is 13.3. The van der Waals surface area contributed by atoms with Gasteiger partial charge in [0.25, 0.3) is 5.78 Å². The molecule has 2 rings (SSSR count). The van der Waals surface area contributed by atoms with Crippen molar-refractivity contribution in [3.05, 3.63) is 53.9 Å². The third-order valence-corrected chi connectivity index (χ3v) is 4.60. The summed E-state index contributed by atoms with van der Waals surface area (Å²) in [6.45, 7) is 5.98. The number of aromatic nitrogens is 2. The van der Waals surface area contributed by atoms with Crippen molar-refractivity contribution in [1.29, 1.82) is 0 Å². The smallest absolute Gasteiger partial charge is 0.324 e. The number of benzene rings is 1. The molecule has 6 nitrogen and oxygen atoms in total. The van der Waals surface area contributed by atoms with Crippen LogP contribution in [0, 0.1) is 0 Å². The van der Waals surface area contributed by atoms with Gasteiger partial charge in [-0.05, 0) is 31.4 Å². The molecule has 1 aromatic carbocycles. The summed E-state index contributed by atoms with van der Waals surface area (Å²) < 4.78 is 18.4. The van der Waals surface area contributed by atoms with Gasteiger partial charge in [0.2, 0.25) is 0 Å². The number of nitrogens with zero attached hydrogens (tertiary/aromatic N) is 2. The van der Waals surface area contributed by atoms with E-state index in [1.54, 1.807) is 16.9 Å². The van der Waals surface area contributed by atoms with Gasteiger partial charge >= 0.3 is 5.97 Å². The lowest BCUT2D eigenvalue weighted by Crippen LogP contribution is -2.48. The van der Waals surface area contributed by atoms with Crippen LogP contribution >= 0.6 is 0 Å². The van der Waals surface area contributed by atoms with Crippen molar-refractivity contribution in [2.75, 3.05) is 14.2 Å². The first kappa shape index (κ1) is 20.3. The highest BCUT2D eigenvalue weighted by Gasteiger charge is 2.45. The van der Waals surface area contributed by atoms with Crippen LogP contribution in [0.15, 0.2) is 42.6 Å². The van der Waals surface area contributed by atoms with Gasteiger partial charge in [-0.1, -0.05) is 44.2 Å². The molecule has 0 aliphatic carbocycles. The number of ether oxygens (including phenoxy) is 3. The van der Waals surface area contributed by atoms with E-state index in [4.69, 9.17) is 14.2 Å². The molecule has 26 heavy (non-hydrogen) atoms. The normalized spacial score (nSPS) is 13.2. The number of rotatable bonds is 10. The molecule has 1 heterocycles. The van der Waals surface area contributed by atoms with Crippen molar-refractivity contribution in [3.63, 3.8) is 0 Å². The number of carbonyl (C=O) groups is 1. The van der Waals surface area contributed by atoms with Crippen LogP contribution in [0.25, 0.3) is 0 Å². The van der Waals surface area contributed by atoms with Crippen molar-refractivity contribution in [1.82, 2.24) is 9.78 Å². The van der Waals surface area contributed by atoms with Crippen LogP contribution in [-0.2, 0) is 14.2 Å². The SMILES string of the molecule is CCC(CC)OC(OC)(OC)C(=O)c1ccnn1[C@H](C)c1ccccc1. The van der Waals surface area contributed by atoms with Gasteiger partial charge < -0.3 is 14.2 Å². The fourth-order valence-corrected chi connectivity index (χ4v) is 2.93. The molecule has 2 aromatic rings. The molecule has 0 radical (unpaired) electrons. The Bertz CT molecular complexity index is 691. The number of hydrogen-bond donors (Lipinski definition) is 0. The predicted molar refractivity (Wildman–Crippen MR) is 99.0 cm³/mol. The summed E-state index contributed by atoms with van der Waals surface area (Å²) in [5.41, 5.74) is 1.42. The maximum Gasteiger partial charge on any atom is 0.353 e. The minimum Gasteiger partial charge on any atom is -0.324 e. The Labute approximate surface area is 155 Å². The molecule has 0 saturated heterocycles. The van der Waals surface area contributed by atoms with E-state index in [2.05, 4.69) is 5.10 Å². The molecule has 0 spiro atoms. The van der Waals surface area contributed by atoms with Crippen LogP contribution in [0.2, 0.25) is 0 Å². The Morgan fingerprint density at radius 2 is 1.73 bits per heavy atom. The summed E-state index contributed by atoms with van der Waals surface area (Å²) in [7, 11) is 2.82. The monoisotopic (exact) mass is 360 g/mol. The molecule has 0 fully saturated rings. The summed E-state index contributed by atoms with van der Waals surface area (Å²) in [6, 6.07) is 11.4. The van der Waals surface area contributed by atoms with Gasteiger partial charge in [-0.25, -0.2) is 0 Å². The van der Waals surface area contributed by atoms with E-state index in [0.29, 0.717) is 5.69 Å². The number of Topliss-reactive ketones (excluding diaryl/α,β-unsaturated/α-hetero) is 1. The van der Waals surface area contributed by atoms with Crippen molar-refractivity contribution < 1.29 is 19.0 Å². The van der Waals surface area contributed by atoms with Gasteiger partial charge in [0.1, 0.15) is 5.69 Å². The second kappa shape index (κ2) is 9.07. The second-order valence-corrected chi connectivity index (χ2v) is 6.10. The highest BCUT2D eigenvalue weighted by Crippen LogP contribution is 2.27. The Kier molecular flexibility index (Phi) is 7.08. The molecule has 0 unspecified atom stereocenters. The van der Waals surface area contributed by atoms with Crippen molar-refractivity contribution in [2.24, 2.45) is 0 Å². The quantitative estimate of drug-likeness (QED) is 0.476. The van der Waals surface area contributed by atoms with E-state index in [9.17, 15) is 4.79 Å². The minimum atomic E-state index is -1.79. The molecule has 1 aromatic heterocycles. The lowest BCUT2D eigenvalue weighted by Gasteiger charge is -2.32. The van der Waals surface area contributed by atoms with Gasteiger partial charge in [-0.3, -0.25) is 9.48 Å². The first-order valence-electron chi connectivity index (χ1n) is 8.94. The molecule has 0 saturated carbocycles. The van der Waals surface area contributed by atoms with Crippen LogP contribution in [0.1, 0.15) is 55.7 Å². The Hall–Kier alpha value is -2.02. The van der Waals surface area contributed by atoms with E-state index in [-0.39, 0.29) is 12.1 Å². The van der Waals surface area contributed by atoms with Crippen LogP contribution in [0.3, 0.4) is 0 Å².